The molecule has 1 unspecified atom stereocenters. The molecule has 4 heteroatoms. The highest BCUT2D eigenvalue weighted by molar-refractivity contribution is 5.87. The highest BCUT2D eigenvalue weighted by Gasteiger charge is 2.20. The maximum Gasteiger partial charge on any atom is 0.333 e. The van der Waals surface area contributed by atoms with Crippen molar-refractivity contribution in [3.05, 3.63) is 12.2 Å². The molecule has 0 bridgehead atoms. The van der Waals surface area contributed by atoms with E-state index >= 15 is 0 Å². The molecule has 0 aromatic heterocycles. The van der Waals surface area contributed by atoms with Gasteiger partial charge in [0.1, 0.15) is 0 Å². The first-order valence-corrected chi connectivity index (χ1v) is 5.71. The maximum atomic E-state index is 11.6. The summed E-state index contributed by atoms with van der Waals surface area (Å²) in [5.41, 5.74) is 0.394. The second kappa shape index (κ2) is 6.30. The molecule has 1 atom stereocenters. The maximum absolute atomic E-state index is 11.6. The lowest BCUT2D eigenvalue weighted by atomic mass is 9.99. The number of nitrogens with one attached hydrogen (secondary N) is 1. The van der Waals surface area contributed by atoms with E-state index in [9.17, 15) is 9.59 Å². The number of carbonyl (C=O) groups is 2. The Kier molecular flexibility index (Phi) is 5.02. The summed E-state index contributed by atoms with van der Waals surface area (Å²) in [6.45, 7) is 6.17. The van der Waals surface area contributed by atoms with E-state index in [-0.39, 0.29) is 17.8 Å². The first-order chi connectivity index (χ1) is 7.61. The first-order valence-electron chi connectivity index (χ1n) is 5.71. The van der Waals surface area contributed by atoms with E-state index in [2.05, 4.69) is 11.9 Å². The van der Waals surface area contributed by atoms with Gasteiger partial charge in [-0.25, -0.2) is 4.79 Å². The third kappa shape index (κ3) is 4.04. The Labute approximate surface area is 96.0 Å². The zero-order chi connectivity index (χ0) is 12.0. The van der Waals surface area contributed by atoms with Crippen LogP contribution >= 0.6 is 0 Å². The zero-order valence-electron chi connectivity index (χ0n) is 9.75. The molecule has 4 nitrogen and oxygen atoms in total. The third-order valence-electron chi connectivity index (χ3n) is 2.70. The Hall–Kier alpha value is -1.32. The summed E-state index contributed by atoms with van der Waals surface area (Å²) in [6.07, 6.45) is 3.58. The van der Waals surface area contributed by atoms with Crippen molar-refractivity contribution in [1.29, 1.82) is 0 Å². The molecular formula is C12H19NO3. The van der Waals surface area contributed by atoms with Crippen molar-refractivity contribution in [1.82, 2.24) is 5.32 Å². The van der Waals surface area contributed by atoms with Crippen molar-refractivity contribution in [2.45, 2.75) is 32.6 Å². The van der Waals surface area contributed by atoms with Gasteiger partial charge in [0.05, 0.1) is 6.61 Å². The van der Waals surface area contributed by atoms with E-state index in [1.165, 1.54) is 0 Å². The molecule has 0 aromatic carbocycles. The molecule has 0 aliphatic carbocycles. The lowest BCUT2D eigenvalue weighted by Gasteiger charge is -2.12. The van der Waals surface area contributed by atoms with Crippen LogP contribution in [0.4, 0.5) is 0 Å². The van der Waals surface area contributed by atoms with E-state index in [4.69, 9.17) is 4.74 Å². The molecule has 90 valence electrons. The molecule has 1 fully saturated rings. The molecule has 16 heavy (non-hydrogen) atoms. The molecule has 1 amide bonds. The monoisotopic (exact) mass is 225 g/mol. The van der Waals surface area contributed by atoms with Crippen LogP contribution in [0.1, 0.15) is 32.6 Å². The third-order valence-corrected chi connectivity index (χ3v) is 2.70. The van der Waals surface area contributed by atoms with Gasteiger partial charge >= 0.3 is 5.97 Å². The quantitative estimate of drug-likeness (QED) is 0.581. The Morgan fingerprint density at radius 2 is 2.31 bits per heavy atom. The summed E-state index contributed by atoms with van der Waals surface area (Å²) in [4.78, 5) is 22.7. The minimum atomic E-state index is -0.381. The summed E-state index contributed by atoms with van der Waals surface area (Å²) in [6, 6.07) is 0. The van der Waals surface area contributed by atoms with Crippen molar-refractivity contribution in [2.24, 2.45) is 5.92 Å². The predicted octanol–water partition coefficient (Wildman–Crippen LogP) is 1.41. The standard InChI is InChI=1S/C12H19NO3/c1-9(2)12(15)16-8-6-10-5-3-4-7-13-11(10)14/h10H,1,3-8H2,2H3,(H,13,14). The van der Waals surface area contributed by atoms with Crippen LogP contribution in [0.2, 0.25) is 0 Å². The van der Waals surface area contributed by atoms with Gasteiger partial charge in [-0.2, -0.15) is 0 Å². The van der Waals surface area contributed by atoms with Crippen LogP contribution in [0.15, 0.2) is 12.2 Å². The van der Waals surface area contributed by atoms with E-state index in [0.29, 0.717) is 18.6 Å². The summed E-state index contributed by atoms with van der Waals surface area (Å²) in [5, 5.41) is 2.86. The van der Waals surface area contributed by atoms with Gasteiger partial charge in [-0.3, -0.25) is 4.79 Å². The molecule has 1 aliphatic rings. The fourth-order valence-electron chi connectivity index (χ4n) is 1.70. The summed E-state index contributed by atoms with van der Waals surface area (Å²) >= 11 is 0. The van der Waals surface area contributed by atoms with Crippen molar-refractivity contribution in [2.75, 3.05) is 13.2 Å². The smallest absolute Gasteiger partial charge is 0.333 e. The van der Waals surface area contributed by atoms with Crippen molar-refractivity contribution in [3.63, 3.8) is 0 Å². The van der Waals surface area contributed by atoms with Crippen molar-refractivity contribution < 1.29 is 14.3 Å². The molecule has 0 radical (unpaired) electrons. The molecule has 1 heterocycles. The summed E-state index contributed by atoms with van der Waals surface area (Å²) < 4.78 is 4.98. The highest BCUT2D eigenvalue weighted by Crippen LogP contribution is 2.16. The van der Waals surface area contributed by atoms with Crippen LogP contribution in [0.25, 0.3) is 0 Å². The normalized spacial score (nSPS) is 20.8. The van der Waals surface area contributed by atoms with Gasteiger partial charge in [-0.05, 0) is 26.2 Å². The fourth-order valence-corrected chi connectivity index (χ4v) is 1.70. The SMILES string of the molecule is C=C(C)C(=O)OCCC1CCCCNC1=O. The van der Waals surface area contributed by atoms with Gasteiger partial charge in [0, 0.05) is 18.0 Å². The Bertz CT molecular complexity index is 286. The Morgan fingerprint density at radius 1 is 1.56 bits per heavy atom. The van der Waals surface area contributed by atoms with Gasteiger partial charge in [0.25, 0.3) is 0 Å². The van der Waals surface area contributed by atoms with E-state index in [1.807, 2.05) is 0 Å². The Balaban J connectivity index is 2.28. The lowest BCUT2D eigenvalue weighted by Crippen LogP contribution is -2.29. The predicted molar refractivity (Wildman–Crippen MR) is 60.7 cm³/mol. The molecule has 1 N–H and O–H groups in total. The van der Waals surface area contributed by atoms with Gasteiger partial charge in [-0.15, -0.1) is 0 Å². The van der Waals surface area contributed by atoms with Crippen LogP contribution < -0.4 is 5.32 Å². The molecular weight excluding hydrogens is 206 g/mol. The number of esters is 1. The van der Waals surface area contributed by atoms with Crippen LogP contribution in [0.5, 0.6) is 0 Å². The van der Waals surface area contributed by atoms with Crippen molar-refractivity contribution >= 4 is 11.9 Å². The van der Waals surface area contributed by atoms with E-state index in [1.54, 1.807) is 6.92 Å². The number of rotatable bonds is 4. The molecule has 0 saturated carbocycles. The van der Waals surface area contributed by atoms with Crippen molar-refractivity contribution in [3.8, 4) is 0 Å². The number of ether oxygens (including phenoxy) is 1. The minimum absolute atomic E-state index is 0.0135. The van der Waals surface area contributed by atoms with Gasteiger partial charge < -0.3 is 10.1 Å². The van der Waals surface area contributed by atoms with Gasteiger partial charge in [-0.1, -0.05) is 13.0 Å². The average molecular weight is 225 g/mol. The second-order valence-electron chi connectivity index (χ2n) is 4.19. The summed E-state index contributed by atoms with van der Waals surface area (Å²) in [7, 11) is 0. The topological polar surface area (TPSA) is 55.4 Å². The van der Waals surface area contributed by atoms with Crippen LogP contribution in [-0.4, -0.2) is 25.0 Å². The molecule has 0 aromatic rings. The van der Waals surface area contributed by atoms with Gasteiger partial charge in [0.2, 0.25) is 5.91 Å². The largest absolute Gasteiger partial charge is 0.462 e. The number of hydrogen-bond donors (Lipinski definition) is 1. The number of hydrogen-bond acceptors (Lipinski definition) is 3. The van der Waals surface area contributed by atoms with Crippen LogP contribution in [0.3, 0.4) is 0 Å². The van der Waals surface area contributed by atoms with Crippen LogP contribution in [-0.2, 0) is 14.3 Å². The van der Waals surface area contributed by atoms with Crippen LogP contribution in [0, 0.1) is 5.92 Å². The number of carbonyl (C=O) groups excluding carboxylic acids is 2. The highest BCUT2D eigenvalue weighted by atomic mass is 16.5. The minimum Gasteiger partial charge on any atom is -0.462 e. The number of amides is 1. The fraction of sp³-hybridized carbons (Fsp3) is 0.667. The molecule has 1 aliphatic heterocycles. The molecule has 0 spiro atoms. The summed E-state index contributed by atoms with van der Waals surface area (Å²) in [5.74, 6) is -0.307. The Morgan fingerprint density at radius 3 is 3.00 bits per heavy atom. The lowest BCUT2D eigenvalue weighted by molar-refractivity contribution is -0.140. The molecule has 1 saturated heterocycles. The average Bonchev–Trinajstić information content (AvgIpc) is 2.44. The second-order valence-corrected chi connectivity index (χ2v) is 4.19. The van der Waals surface area contributed by atoms with E-state index in [0.717, 1.165) is 25.8 Å². The van der Waals surface area contributed by atoms with E-state index < -0.39 is 0 Å². The van der Waals surface area contributed by atoms with Gasteiger partial charge in [0.15, 0.2) is 0 Å². The zero-order valence-corrected chi connectivity index (χ0v) is 9.75. The first kappa shape index (κ1) is 12.7. The molecule has 1 rings (SSSR count).